The molecule has 0 bridgehead atoms. The summed E-state index contributed by atoms with van der Waals surface area (Å²) in [5.74, 6) is 0.569. The fourth-order valence-corrected chi connectivity index (χ4v) is 3.73. The summed E-state index contributed by atoms with van der Waals surface area (Å²) in [5, 5.41) is 13.2. The van der Waals surface area contributed by atoms with Gasteiger partial charge < -0.3 is 0 Å². The second-order valence-electron chi connectivity index (χ2n) is 6.29. The van der Waals surface area contributed by atoms with E-state index in [1.807, 2.05) is 0 Å². The number of rotatable bonds is 8. The highest BCUT2D eigenvalue weighted by Crippen LogP contribution is 2.40. The van der Waals surface area contributed by atoms with E-state index >= 15 is 0 Å². The normalized spacial score (nSPS) is 26.6. The molecule has 2 rings (SSSR count). The van der Waals surface area contributed by atoms with Crippen molar-refractivity contribution < 1.29 is 0 Å². The van der Waals surface area contributed by atoms with E-state index in [0.717, 1.165) is 39.3 Å². The standard InChI is InChI=1S/C16H30N4/c1-4-18-16(12-17,14-7-8-14)13-19-10-9-15(11-19)20(5-2)6-3/h14-15,18H,4-11,13H2,1-3H3. The zero-order chi connectivity index (χ0) is 14.6. The second kappa shape index (κ2) is 6.89. The molecule has 1 saturated carbocycles. The molecule has 2 atom stereocenters. The Morgan fingerprint density at radius 2 is 1.95 bits per heavy atom. The van der Waals surface area contributed by atoms with E-state index in [1.165, 1.54) is 19.3 Å². The quantitative estimate of drug-likeness (QED) is 0.733. The van der Waals surface area contributed by atoms with Crippen molar-refractivity contribution in [3.8, 4) is 6.07 Å². The van der Waals surface area contributed by atoms with Gasteiger partial charge in [-0.15, -0.1) is 0 Å². The maximum atomic E-state index is 9.70. The van der Waals surface area contributed by atoms with Crippen LogP contribution in [0.1, 0.15) is 40.0 Å². The van der Waals surface area contributed by atoms with Gasteiger partial charge in [0.15, 0.2) is 0 Å². The van der Waals surface area contributed by atoms with Crippen LogP contribution in [-0.4, -0.2) is 60.6 Å². The van der Waals surface area contributed by atoms with Crippen molar-refractivity contribution in [2.45, 2.75) is 51.6 Å². The molecular formula is C16H30N4. The molecule has 1 aliphatic carbocycles. The lowest BCUT2D eigenvalue weighted by Crippen LogP contribution is -2.54. The highest BCUT2D eigenvalue weighted by Gasteiger charge is 2.47. The molecule has 0 aromatic heterocycles. The molecule has 1 saturated heterocycles. The predicted molar refractivity (Wildman–Crippen MR) is 82.5 cm³/mol. The average Bonchev–Trinajstić information content (AvgIpc) is 3.22. The Balaban J connectivity index is 1.94. The van der Waals surface area contributed by atoms with Gasteiger partial charge in [-0.1, -0.05) is 20.8 Å². The first kappa shape index (κ1) is 15.8. The fourth-order valence-electron chi connectivity index (χ4n) is 3.73. The molecule has 20 heavy (non-hydrogen) atoms. The number of nitriles is 1. The molecule has 1 aliphatic heterocycles. The molecule has 2 aliphatic rings. The minimum Gasteiger partial charge on any atom is -0.300 e. The Hall–Kier alpha value is -0.630. The summed E-state index contributed by atoms with van der Waals surface area (Å²) in [6.07, 6.45) is 3.68. The molecule has 0 aromatic rings. The molecule has 114 valence electrons. The van der Waals surface area contributed by atoms with Crippen LogP contribution >= 0.6 is 0 Å². The lowest BCUT2D eigenvalue weighted by atomic mass is 9.94. The van der Waals surface area contributed by atoms with Gasteiger partial charge in [-0.3, -0.25) is 15.1 Å². The Morgan fingerprint density at radius 3 is 2.45 bits per heavy atom. The highest BCUT2D eigenvalue weighted by molar-refractivity contribution is 5.17. The molecule has 2 unspecified atom stereocenters. The van der Waals surface area contributed by atoms with Gasteiger partial charge in [0.2, 0.25) is 0 Å². The maximum Gasteiger partial charge on any atom is 0.122 e. The number of likely N-dealkylation sites (tertiary alicyclic amines) is 1. The van der Waals surface area contributed by atoms with Crippen molar-refractivity contribution >= 4 is 0 Å². The van der Waals surface area contributed by atoms with Gasteiger partial charge in [-0.25, -0.2) is 0 Å². The van der Waals surface area contributed by atoms with Crippen molar-refractivity contribution in [2.75, 3.05) is 39.3 Å². The Labute approximate surface area is 124 Å². The van der Waals surface area contributed by atoms with E-state index in [9.17, 15) is 5.26 Å². The monoisotopic (exact) mass is 278 g/mol. The summed E-state index contributed by atoms with van der Waals surface area (Å²) in [7, 11) is 0. The summed E-state index contributed by atoms with van der Waals surface area (Å²) >= 11 is 0. The Kier molecular flexibility index (Phi) is 5.42. The topological polar surface area (TPSA) is 42.3 Å². The third kappa shape index (κ3) is 3.33. The van der Waals surface area contributed by atoms with E-state index in [-0.39, 0.29) is 5.54 Å². The van der Waals surface area contributed by atoms with Crippen LogP contribution in [0.5, 0.6) is 0 Å². The smallest absolute Gasteiger partial charge is 0.122 e. The number of likely N-dealkylation sites (N-methyl/N-ethyl adjacent to an activating group) is 2. The zero-order valence-electron chi connectivity index (χ0n) is 13.4. The van der Waals surface area contributed by atoms with Crippen molar-refractivity contribution in [3.63, 3.8) is 0 Å². The van der Waals surface area contributed by atoms with Crippen LogP contribution in [-0.2, 0) is 0 Å². The lowest BCUT2D eigenvalue weighted by molar-refractivity contribution is 0.189. The molecular weight excluding hydrogens is 248 g/mol. The zero-order valence-corrected chi connectivity index (χ0v) is 13.4. The van der Waals surface area contributed by atoms with Crippen LogP contribution in [0, 0.1) is 17.2 Å². The van der Waals surface area contributed by atoms with Crippen LogP contribution in [0.15, 0.2) is 0 Å². The molecule has 1 heterocycles. The molecule has 2 fully saturated rings. The molecule has 0 aromatic carbocycles. The van der Waals surface area contributed by atoms with E-state index < -0.39 is 0 Å². The van der Waals surface area contributed by atoms with Crippen molar-refractivity contribution in [3.05, 3.63) is 0 Å². The number of hydrogen-bond donors (Lipinski definition) is 1. The van der Waals surface area contributed by atoms with Gasteiger partial charge in [0, 0.05) is 19.1 Å². The first-order valence-electron chi connectivity index (χ1n) is 8.31. The summed E-state index contributed by atoms with van der Waals surface area (Å²) in [6.45, 7) is 12.9. The SMILES string of the molecule is CCNC(C#N)(CN1CCC(N(CC)CC)C1)C1CC1. The summed E-state index contributed by atoms with van der Waals surface area (Å²) in [4.78, 5) is 5.06. The minimum atomic E-state index is -0.299. The molecule has 0 radical (unpaired) electrons. The van der Waals surface area contributed by atoms with Gasteiger partial charge in [0.1, 0.15) is 5.54 Å². The van der Waals surface area contributed by atoms with Crippen LogP contribution in [0.4, 0.5) is 0 Å². The van der Waals surface area contributed by atoms with Crippen LogP contribution in [0.3, 0.4) is 0 Å². The summed E-state index contributed by atoms with van der Waals surface area (Å²) in [5.41, 5.74) is -0.299. The molecule has 4 heteroatoms. The molecule has 1 N–H and O–H groups in total. The summed E-state index contributed by atoms with van der Waals surface area (Å²) < 4.78 is 0. The van der Waals surface area contributed by atoms with Crippen molar-refractivity contribution in [1.82, 2.24) is 15.1 Å². The average molecular weight is 278 g/mol. The minimum absolute atomic E-state index is 0.299. The predicted octanol–water partition coefficient (Wildman–Crippen LogP) is 1.68. The number of nitrogens with zero attached hydrogens (tertiary/aromatic N) is 3. The van der Waals surface area contributed by atoms with E-state index in [4.69, 9.17) is 0 Å². The van der Waals surface area contributed by atoms with Crippen molar-refractivity contribution in [1.29, 1.82) is 5.26 Å². The number of hydrogen-bond acceptors (Lipinski definition) is 4. The highest BCUT2D eigenvalue weighted by atomic mass is 15.3. The third-order valence-corrected chi connectivity index (χ3v) is 5.02. The van der Waals surface area contributed by atoms with Crippen LogP contribution in [0.2, 0.25) is 0 Å². The van der Waals surface area contributed by atoms with Crippen LogP contribution in [0.25, 0.3) is 0 Å². The van der Waals surface area contributed by atoms with E-state index in [1.54, 1.807) is 0 Å². The molecule has 4 nitrogen and oxygen atoms in total. The molecule has 0 amide bonds. The van der Waals surface area contributed by atoms with Gasteiger partial charge in [-0.05, 0) is 51.4 Å². The van der Waals surface area contributed by atoms with E-state index in [2.05, 4.69) is 42.0 Å². The van der Waals surface area contributed by atoms with Crippen molar-refractivity contribution in [2.24, 2.45) is 5.92 Å². The van der Waals surface area contributed by atoms with Gasteiger partial charge in [-0.2, -0.15) is 5.26 Å². The maximum absolute atomic E-state index is 9.70. The lowest BCUT2D eigenvalue weighted by Gasteiger charge is -2.33. The second-order valence-corrected chi connectivity index (χ2v) is 6.29. The van der Waals surface area contributed by atoms with Gasteiger partial charge >= 0.3 is 0 Å². The summed E-state index contributed by atoms with van der Waals surface area (Å²) in [6, 6.07) is 3.29. The first-order chi connectivity index (χ1) is 9.69. The van der Waals surface area contributed by atoms with Gasteiger partial charge in [0.25, 0.3) is 0 Å². The number of nitrogens with one attached hydrogen (secondary N) is 1. The first-order valence-corrected chi connectivity index (χ1v) is 8.31. The largest absolute Gasteiger partial charge is 0.300 e. The molecule has 0 spiro atoms. The third-order valence-electron chi connectivity index (χ3n) is 5.02. The van der Waals surface area contributed by atoms with Crippen LogP contribution < -0.4 is 5.32 Å². The Bertz CT molecular complexity index is 343. The Morgan fingerprint density at radius 1 is 1.25 bits per heavy atom. The van der Waals surface area contributed by atoms with E-state index in [0.29, 0.717) is 12.0 Å². The fraction of sp³-hybridized carbons (Fsp3) is 0.938. The van der Waals surface area contributed by atoms with Gasteiger partial charge in [0.05, 0.1) is 6.07 Å².